The highest BCUT2D eigenvalue weighted by molar-refractivity contribution is 7.92. The number of carboxylic acids is 1. The number of aromatic nitrogens is 4. The average molecular weight is 313 g/mol. The predicted octanol–water partition coefficient (Wildman–Crippen LogP) is 0.444. The second-order valence-electron chi connectivity index (χ2n) is 4.35. The Hall–Kier alpha value is -2.36. The minimum absolute atomic E-state index is 0.119. The summed E-state index contributed by atoms with van der Waals surface area (Å²) in [7, 11) is -2.53. The van der Waals surface area contributed by atoms with Crippen molar-refractivity contribution in [3.05, 3.63) is 23.8 Å². The first-order valence-corrected chi connectivity index (χ1v) is 7.56. The molecular formula is C11H15N5O4S. The molecule has 2 rings (SSSR count). The number of carboxylic acid groups (broad SMARTS) is 1. The number of rotatable bonds is 5. The second-order valence-corrected chi connectivity index (χ2v) is 5.98. The third-order valence-electron chi connectivity index (χ3n) is 2.97. The van der Waals surface area contributed by atoms with Crippen molar-refractivity contribution in [2.45, 2.75) is 25.4 Å². The van der Waals surface area contributed by atoms with Gasteiger partial charge in [-0.05, 0) is 13.8 Å². The molecule has 0 bridgehead atoms. The van der Waals surface area contributed by atoms with Gasteiger partial charge in [0.15, 0.2) is 10.8 Å². The van der Waals surface area contributed by atoms with E-state index >= 15 is 0 Å². The smallest absolute Gasteiger partial charge is 0.341 e. The molecule has 2 aromatic rings. The number of anilines is 1. The van der Waals surface area contributed by atoms with Crippen LogP contribution in [0, 0.1) is 6.92 Å². The van der Waals surface area contributed by atoms with Crippen LogP contribution in [0.3, 0.4) is 0 Å². The molecule has 21 heavy (non-hydrogen) atoms. The SMILES string of the molecule is CCn1cc(S(=O)(=O)Nc2c(C(=O)O)cnn2C)nc1C. The molecule has 0 amide bonds. The van der Waals surface area contributed by atoms with Crippen LogP contribution in [0.5, 0.6) is 0 Å². The van der Waals surface area contributed by atoms with Gasteiger partial charge in [0.25, 0.3) is 10.0 Å². The van der Waals surface area contributed by atoms with Crippen molar-refractivity contribution in [1.29, 1.82) is 0 Å². The summed E-state index contributed by atoms with van der Waals surface area (Å²) < 4.78 is 29.6. The van der Waals surface area contributed by atoms with Gasteiger partial charge in [0.05, 0.1) is 6.20 Å². The summed E-state index contributed by atoms with van der Waals surface area (Å²) in [6, 6.07) is 0. The zero-order valence-electron chi connectivity index (χ0n) is 11.7. The average Bonchev–Trinajstić information content (AvgIpc) is 2.94. The van der Waals surface area contributed by atoms with Gasteiger partial charge in [0.2, 0.25) is 0 Å². The molecule has 0 aliphatic heterocycles. The van der Waals surface area contributed by atoms with Gasteiger partial charge >= 0.3 is 5.97 Å². The third-order valence-corrected chi connectivity index (χ3v) is 4.18. The van der Waals surface area contributed by atoms with Crippen LogP contribution in [0.25, 0.3) is 0 Å². The van der Waals surface area contributed by atoms with Gasteiger partial charge in [-0.25, -0.2) is 9.78 Å². The van der Waals surface area contributed by atoms with Crippen molar-refractivity contribution >= 4 is 21.8 Å². The normalized spacial score (nSPS) is 11.6. The number of nitrogens with zero attached hydrogens (tertiary/aromatic N) is 4. The molecular weight excluding hydrogens is 298 g/mol. The van der Waals surface area contributed by atoms with Gasteiger partial charge in [-0.3, -0.25) is 9.40 Å². The fourth-order valence-electron chi connectivity index (χ4n) is 1.82. The first kappa shape index (κ1) is 15.0. The largest absolute Gasteiger partial charge is 0.477 e. The van der Waals surface area contributed by atoms with Crippen molar-refractivity contribution in [3.8, 4) is 0 Å². The van der Waals surface area contributed by atoms with Crippen LogP contribution in [-0.4, -0.2) is 38.8 Å². The fourth-order valence-corrected chi connectivity index (χ4v) is 2.94. The van der Waals surface area contributed by atoms with Crippen LogP contribution in [0.4, 0.5) is 5.82 Å². The maximum absolute atomic E-state index is 12.3. The van der Waals surface area contributed by atoms with E-state index in [1.54, 1.807) is 11.5 Å². The third kappa shape index (κ3) is 2.75. The zero-order valence-corrected chi connectivity index (χ0v) is 12.5. The van der Waals surface area contributed by atoms with Gasteiger partial charge in [-0.2, -0.15) is 13.5 Å². The van der Waals surface area contributed by atoms with Gasteiger partial charge in [0, 0.05) is 19.8 Å². The van der Waals surface area contributed by atoms with Crippen LogP contribution in [0.1, 0.15) is 23.1 Å². The molecule has 0 atom stereocenters. The van der Waals surface area contributed by atoms with E-state index in [9.17, 15) is 13.2 Å². The summed E-state index contributed by atoms with van der Waals surface area (Å²) in [6.45, 7) is 4.14. The fraction of sp³-hybridized carbons (Fsp3) is 0.364. The van der Waals surface area contributed by atoms with Crippen LogP contribution in [0.2, 0.25) is 0 Å². The molecule has 2 N–H and O–H groups in total. The molecule has 0 fully saturated rings. The quantitative estimate of drug-likeness (QED) is 0.827. The molecule has 2 aromatic heterocycles. The monoisotopic (exact) mass is 313 g/mol. The van der Waals surface area contributed by atoms with Crippen LogP contribution in [-0.2, 0) is 23.6 Å². The predicted molar refractivity (Wildman–Crippen MR) is 73.6 cm³/mol. The lowest BCUT2D eigenvalue weighted by molar-refractivity contribution is 0.0698. The Morgan fingerprint density at radius 1 is 1.48 bits per heavy atom. The van der Waals surface area contributed by atoms with Crippen LogP contribution >= 0.6 is 0 Å². The number of sulfonamides is 1. The molecule has 10 heteroatoms. The standard InChI is InChI=1S/C11H15N5O4S/c1-4-16-6-9(13-7(16)2)21(19,20)14-10-8(11(17)18)5-12-15(10)3/h5-6,14H,4H2,1-3H3,(H,17,18). The van der Waals surface area contributed by atoms with Gasteiger partial charge in [-0.15, -0.1) is 0 Å². The highest BCUT2D eigenvalue weighted by Crippen LogP contribution is 2.19. The first-order valence-electron chi connectivity index (χ1n) is 6.08. The molecule has 0 saturated heterocycles. The minimum atomic E-state index is -3.98. The Balaban J connectivity index is 2.42. The second kappa shape index (κ2) is 5.20. The maximum Gasteiger partial charge on any atom is 0.341 e. The topological polar surface area (TPSA) is 119 Å². The summed E-state index contributed by atoms with van der Waals surface area (Å²) in [5, 5.41) is 12.6. The van der Waals surface area contributed by atoms with E-state index < -0.39 is 16.0 Å². The number of aryl methyl sites for hydroxylation is 3. The number of carbonyl (C=O) groups is 1. The van der Waals surface area contributed by atoms with E-state index in [4.69, 9.17) is 5.11 Å². The van der Waals surface area contributed by atoms with E-state index in [0.29, 0.717) is 12.4 Å². The highest BCUT2D eigenvalue weighted by atomic mass is 32.2. The van der Waals surface area contributed by atoms with Crippen molar-refractivity contribution in [2.24, 2.45) is 7.05 Å². The number of hydrogen-bond acceptors (Lipinski definition) is 5. The van der Waals surface area contributed by atoms with Gasteiger partial charge in [0.1, 0.15) is 11.4 Å². The Morgan fingerprint density at radius 3 is 2.67 bits per heavy atom. The molecule has 2 heterocycles. The maximum atomic E-state index is 12.3. The van der Waals surface area contributed by atoms with E-state index in [1.165, 1.54) is 13.2 Å². The van der Waals surface area contributed by atoms with Gasteiger partial charge in [-0.1, -0.05) is 0 Å². The molecule has 0 aliphatic carbocycles. The molecule has 0 spiro atoms. The molecule has 0 unspecified atom stereocenters. The number of aromatic carboxylic acids is 1. The van der Waals surface area contributed by atoms with Gasteiger partial charge < -0.3 is 9.67 Å². The zero-order chi connectivity index (χ0) is 15.8. The Kier molecular flexibility index (Phi) is 3.73. The number of hydrogen-bond donors (Lipinski definition) is 2. The minimum Gasteiger partial charge on any atom is -0.477 e. The Morgan fingerprint density at radius 2 is 2.14 bits per heavy atom. The summed E-state index contributed by atoms with van der Waals surface area (Å²) in [4.78, 5) is 15.0. The molecule has 0 radical (unpaired) electrons. The number of imidazole rings is 1. The summed E-state index contributed by atoms with van der Waals surface area (Å²) in [5.41, 5.74) is -0.229. The molecule has 0 aromatic carbocycles. The van der Waals surface area contributed by atoms with Crippen molar-refractivity contribution in [3.63, 3.8) is 0 Å². The molecule has 0 saturated carbocycles. The molecule has 114 valence electrons. The number of nitrogens with one attached hydrogen (secondary N) is 1. The Bertz CT molecular complexity index is 790. The van der Waals surface area contributed by atoms with E-state index in [2.05, 4.69) is 14.8 Å². The van der Waals surface area contributed by atoms with Crippen molar-refractivity contribution in [1.82, 2.24) is 19.3 Å². The summed E-state index contributed by atoms with van der Waals surface area (Å²) in [6.07, 6.45) is 2.48. The lowest BCUT2D eigenvalue weighted by atomic mass is 10.3. The van der Waals surface area contributed by atoms with E-state index in [1.807, 2.05) is 6.92 Å². The molecule has 9 nitrogen and oxygen atoms in total. The van der Waals surface area contributed by atoms with Crippen molar-refractivity contribution < 1.29 is 18.3 Å². The van der Waals surface area contributed by atoms with E-state index in [0.717, 1.165) is 10.9 Å². The first-order chi connectivity index (χ1) is 9.76. The highest BCUT2D eigenvalue weighted by Gasteiger charge is 2.24. The summed E-state index contributed by atoms with van der Waals surface area (Å²) >= 11 is 0. The van der Waals surface area contributed by atoms with Crippen LogP contribution < -0.4 is 4.72 Å². The lowest BCUT2D eigenvalue weighted by Gasteiger charge is -2.07. The Labute approximate surface area is 121 Å². The lowest BCUT2D eigenvalue weighted by Crippen LogP contribution is -2.18. The molecule has 0 aliphatic rings. The van der Waals surface area contributed by atoms with Crippen LogP contribution in [0.15, 0.2) is 17.4 Å². The van der Waals surface area contributed by atoms with Crippen molar-refractivity contribution in [2.75, 3.05) is 4.72 Å². The van der Waals surface area contributed by atoms with E-state index in [-0.39, 0.29) is 16.4 Å². The summed E-state index contributed by atoms with van der Waals surface area (Å²) in [5.74, 6) is -0.830.